The predicted octanol–water partition coefficient (Wildman–Crippen LogP) is 3.17. The summed E-state index contributed by atoms with van der Waals surface area (Å²) in [4.78, 5) is 16.1. The molecular formula is C18H15N3O2. The Morgan fingerprint density at radius 2 is 2.00 bits per heavy atom. The van der Waals surface area contributed by atoms with Crippen molar-refractivity contribution in [2.24, 2.45) is 0 Å². The van der Waals surface area contributed by atoms with E-state index < -0.39 is 0 Å². The molecule has 0 saturated carbocycles. The van der Waals surface area contributed by atoms with E-state index in [1.54, 1.807) is 48.5 Å². The van der Waals surface area contributed by atoms with Crippen LogP contribution < -0.4 is 4.74 Å². The van der Waals surface area contributed by atoms with E-state index in [1.807, 2.05) is 30.3 Å². The van der Waals surface area contributed by atoms with Crippen LogP contribution in [0, 0.1) is 0 Å². The lowest BCUT2D eigenvalue weighted by Gasteiger charge is -2.02. The summed E-state index contributed by atoms with van der Waals surface area (Å²) in [6.07, 6.45) is 6.46. The fourth-order valence-corrected chi connectivity index (χ4v) is 2.12. The van der Waals surface area contributed by atoms with E-state index in [2.05, 4.69) is 10.1 Å². The minimum absolute atomic E-state index is 0.0655. The third kappa shape index (κ3) is 3.52. The SMILES string of the molecule is COc1cccc(C(=O)C=Cc2ccc(-n3cncn3)cc2)c1. The molecule has 5 heteroatoms. The monoisotopic (exact) mass is 305 g/mol. The van der Waals surface area contributed by atoms with Gasteiger partial charge in [-0.2, -0.15) is 5.10 Å². The third-order valence-electron chi connectivity index (χ3n) is 3.36. The highest BCUT2D eigenvalue weighted by atomic mass is 16.5. The molecular weight excluding hydrogens is 290 g/mol. The van der Waals surface area contributed by atoms with Gasteiger partial charge >= 0.3 is 0 Å². The van der Waals surface area contributed by atoms with Gasteiger partial charge in [0.1, 0.15) is 18.4 Å². The Balaban J connectivity index is 1.73. The van der Waals surface area contributed by atoms with Crippen molar-refractivity contribution in [1.29, 1.82) is 0 Å². The Bertz CT molecular complexity index is 822. The van der Waals surface area contributed by atoms with E-state index in [-0.39, 0.29) is 5.78 Å². The predicted molar refractivity (Wildman–Crippen MR) is 87.7 cm³/mol. The number of rotatable bonds is 5. The van der Waals surface area contributed by atoms with Crippen LogP contribution in [0.5, 0.6) is 5.75 Å². The number of methoxy groups -OCH3 is 1. The first-order chi connectivity index (χ1) is 11.3. The Labute approximate surface area is 133 Å². The highest BCUT2D eigenvalue weighted by molar-refractivity contribution is 6.07. The number of carbonyl (C=O) groups excluding carboxylic acids is 1. The first-order valence-corrected chi connectivity index (χ1v) is 7.08. The largest absolute Gasteiger partial charge is 0.497 e. The summed E-state index contributed by atoms with van der Waals surface area (Å²) in [7, 11) is 1.58. The van der Waals surface area contributed by atoms with Crippen LogP contribution in [0.4, 0.5) is 0 Å². The minimum Gasteiger partial charge on any atom is -0.497 e. The molecule has 0 spiro atoms. The molecule has 0 atom stereocenters. The number of carbonyl (C=O) groups is 1. The average Bonchev–Trinajstić information content (AvgIpc) is 3.15. The summed E-state index contributed by atoms with van der Waals surface area (Å²) >= 11 is 0. The van der Waals surface area contributed by atoms with Crippen molar-refractivity contribution in [3.05, 3.63) is 78.4 Å². The lowest BCUT2D eigenvalue weighted by molar-refractivity contribution is 0.104. The van der Waals surface area contributed by atoms with Gasteiger partial charge in [-0.1, -0.05) is 30.3 Å². The van der Waals surface area contributed by atoms with Gasteiger partial charge in [0, 0.05) is 5.56 Å². The minimum atomic E-state index is -0.0655. The number of ketones is 1. The Morgan fingerprint density at radius 3 is 2.70 bits per heavy atom. The summed E-state index contributed by atoms with van der Waals surface area (Å²) in [5, 5.41) is 4.07. The summed E-state index contributed by atoms with van der Waals surface area (Å²) in [5.41, 5.74) is 2.45. The lowest BCUT2D eigenvalue weighted by Crippen LogP contribution is -1.95. The molecule has 0 aliphatic heterocycles. The normalized spacial score (nSPS) is 10.8. The van der Waals surface area contributed by atoms with Crippen LogP contribution >= 0.6 is 0 Å². The van der Waals surface area contributed by atoms with Gasteiger partial charge in [0.05, 0.1) is 12.8 Å². The Kier molecular flexibility index (Phi) is 4.29. The zero-order valence-corrected chi connectivity index (χ0v) is 12.6. The molecule has 0 saturated heterocycles. The second-order valence-electron chi connectivity index (χ2n) is 4.86. The molecule has 0 aliphatic carbocycles. The molecule has 5 nitrogen and oxygen atoms in total. The quantitative estimate of drug-likeness (QED) is 0.536. The van der Waals surface area contributed by atoms with Crippen molar-refractivity contribution in [1.82, 2.24) is 14.8 Å². The molecule has 0 bridgehead atoms. The first-order valence-electron chi connectivity index (χ1n) is 7.08. The number of aromatic nitrogens is 3. The maximum absolute atomic E-state index is 12.2. The van der Waals surface area contributed by atoms with Gasteiger partial charge < -0.3 is 4.74 Å². The van der Waals surface area contributed by atoms with Crippen molar-refractivity contribution >= 4 is 11.9 Å². The van der Waals surface area contributed by atoms with Crippen molar-refractivity contribution < 1.29 is 9.53 Å². The summed E-state index contributed by atoms with van der Waals surface area (Å²) in [6.45, 7) is 0. The fraction of sp³-hybridized carbons (Fsp3) is 0.0556. The number of allylic oxidation sites excluding steroid dienone is 1. The van der Waals surface area contributed by atoms with Crippen LogP contribution in [-0.2, 0) is 0 Å². The molecule has 3 rings (SSSR count). The molecule has 3 aromatic rings. The standard InChI is InChI=1S/C18H15N3O2/c1-23-17-4-2-3-15(11-17)18(22)10-7-14-5-8-16(9-6-14)21-13-19-12-20-21/h2-13H,1H3. The molecule has 23 heavy (non-hydrogen) atoms. The second-order valence-corrected chi connectivity index (χ2v) is 4.86. The summed E-state index contributed by atoms with van der Waals surface area (Å²) in [5.74, 6) is 0.602. The molecule has 0 N–H and O–H groups in total. The second kappa shape index (κ2) is 6.70. The van der Waals surface area contributed by atoms with E-state index in [4.69, 9.17) is 4.74 Å². The van der Waals surface area contributed by atoms with Crippen LogP contribution in [0.25, 0.3) is 11.8 Å². The van der Waals surface area contributed by atoms with E-state index >= 15 is 0 Å². The van der Waals surface area contributed by atoms with Gasteiger partial charge in [-0.25, -0.2) is 9.67 Å². The van der Waals surface area contributed by atoms with E-state index in [1.165, 1.54) is 6.33 Å². The molecule has 0 amide bonds. The van der Waals surface area contributed by atoms with Crippen LogP contribution in [0.3, 0.4) is 0 Å². The molecule has 1 aromatic heterocycles. The van der Waals surface area contributed by atoms with E-state index in [0.717, 1.165) is 11.3 Å². The highest BCUT2D eigenvalue weighted by Gasteiger charge is 2.03. The number of hydrogen-bond acceptors (Lipinski definition) is 4. The highest BCUT2D eigenvalue weighted by Crippen LogP contribution is 2.14. The topological polar surface area (TPSA) is 57.0 Å². The Hall–Kier alpha value is -3.21. The van der Waals surface area contributed by atoms with E-state index in [0.29, 0.717) is 11.3 Å². The van der Waals surface area contributed by atoms with Gasteiger partial charge in [-0.3, -0.25) is 4.79 Å². The first kappa shape index (κ1) is 14.7. The average molecular weight is 305 g/mol. The van der Waals surface area contributed by atoms with Crippen molar-refractivity contribution in [3.8, 4) is 11.4 Å². The van der Waals surface area contributed by atoms with Crippen molar-refractivity contribution in [3.63, 3.8) is 0 Å². The van der Waals surface area contributed by atoms with Crippen molar-refractivity contribution in [2.45, 2.75) is 0 Å². The van der Waals surface area contributed by atoms with Crippen LogP contribution in [-0.4, -0.2) is 27.7 Å². The molecule has 2 aromatic carbocycles. The third-order valence-corrected chi connectivity index (χ3v) is 3.36. The van der Waals surface area contributed by atoms with Gasteiger partial charge in [0.15, 0.2) is 5.78 Å². The van der Waals surface area contributed by atoms with Gasteiger partial charge in [0.25, 0.3) is 0 Å². The molecule has 0 fully saturated rings. The molecule has 0 radical (unpaired) electrons. The van der Waals surface area contributed by atoms with Gasteiger partial charge in [0.2, 0.25) is 0 Å². The smallest absolute Gasteiger partial charge is 0.185 e. The summed E-state index contributed by atoms with van der Waals surface area (Å²) in [6, 6.07) is 14.8. The number of benzene rings is 2. The molecule has 1 heterocycles. The number of nitrogens with zero attached hydrogens (tertiary/aromatic N) is 3. The zero-order chi connectivity index (χ0) is 16.1. The van der Waals surface area contributed by atoms with Crippen LogP contribution in [0.1, 0.15) is 15.9 Å². The summed E-state index contributed by atoms with van der Waals surface area (Å²) < 4.78 is 6.80. The Morgan fingerprint density at radius 1 is 1.17 bits per heavy atom. The van der Waals surface area contributed by atoms with Crippen LogP contribution in [0.15, 0.2) is 67.3 Å². The molecule has 0 aliphatic rings. The van der Waals surface area contributed by atoms with Crippen LogP contribution in [0.2, 0.25) is 0 Å². The lowest BCUT2D eigenvalue weighted by atomic mass is 10.1. The molecule has 0 unspecified atom stereocenters. The van der Waals surface area contributed by atoms with Crippen molar-refractivity contribution in [2.75, 3.05) is 7.11 Å². The van der Waals surface area contributed by atoms with E-state index in [9.17, 15) is 4.79 Å². The van der Waals surface area contributed by atoms with Gasteiger partial charge in [-0.05, 0) is 35.9 Å². The zero-order valence-electron chi connectivity index (χ0n) is 12.6. The maximum Gasteiger partial charge on any atom is 0.185 e. The number of ether oxygens (including phenoxy) is 1. The maximum atomic E-state index is 12.2. The fourth-order valence-electron chi connectivity index (χ4n) is 2.12. The van der Waals surface area contributed by atoms with Gasteiger partial charge in [-0.15, -0.1) is 0 Å². The number of hydrogen-bond donors (Lipinski definition) is 0. The molecule has 114 valence electrons.